The first-order valence-electron chi connectivity index (χ1n) is 7.29. The maximum absolute atomic E-state index is 12.9. The third-order valence-electron chi connectivity index (χ3n) is 3.93. The van der Waals surface area contributed by atoms with E-state index in [0.29, 0.717) is 12.0 Å². The van der Waals surface area contributed by atoms with E-state index >= 15 is 0 Å². The summed E-state index contributed by atoms with van der Waals surface area (Å²) in [4.78, 5) is 12.0. The molecular formula is C17H22FNO. The number of carbonyl (C=O) groups excluding carboxylic acids is 1. The Morgan fingerprint density at radius 1 is 1.30 bits per heavy atom. The van der Waals surface area contributed by atoms with Gasteiger partial charge in [0.05, 0.1) is 0 Å². The number of rotatable bonds is 3. The predicted molar refractivity (Wildman–Crippen MR) is 79.6 cm³/mol. The molecule has 1 aromatic carbocycles. The highest BCUT2D eigenvalue weighted by atomic mass is 19.1. The van der Waals surface area contributed by atoms with Crippen LogP contribution < -0.4 is 5.32 Å². The van der Waals surface area contributed by atoms with Gasteiger partial charge in [-0.3, -0.25) is 4.79 Å². The number of carbonyl (C=O) groups is 1. The molecule has 1 aliphatic carbocycles. The minimum atomic E-state index is -0.262. The Balaban J connectivity index is 1.95. The summed E-state index contributed by atoms with van der Waals surface area (Å²) in [5.74, 6) is 0.379. The Morgan fingerprint density at radius 2 is 2.00 bits per heavy atom. The number of hydrogen-bond donors (Lipinski definition) is 1. The van der Waals surface area contributed by atoms with Crippen molar-refractivity contribution in [1.82, 2.24) is 5.32 Å². The molecule has 3 heteroatoms. The monoisotopic (exact) mass is 275 g/mol. The smallest absolute Gasteiger partial charge is 0.244 e. The van der Waals surface area contributed by atoms with Gasteiger partial charge in [-0.05, 0) is 49.0 Å². The van der Waals surface area contributed by atoms with Crippen molar-refractivity contribution < 1.29 is 9.18 Å². The van der Waals surface area contributed by atoms with Crippen LogP contribution in [0.3, 0.4) is 0 Å². The molecule has 0 saturated heterocycles. The van der Waals surface area contributed by atoms with Crippen molar-refractivity contribution >= 4 is 11.5 Å². The Hall–Kier alpha value is -1.64. The minimum Gasteiger partial charge on any atom is -0.350 e. The van der Waals surface area contributed by atoms with Crippen molar-refractivity contribution in [3.8, 4) is 0 Å². The summed E-state index contributed by atoms with van der Waals surface area (Å²) in [6, 6.07) is 6.50. The number of amides is 1. The first-order valence-corrected chi connectivity index (χ1v) is 7.29. The van der Waals surface area contributed by atoms with E-state index in [0.717, 1.165) is 24.0 Å². The summed E-state index contributed by atoms with van der Waals surface area (Å²) in [6.07, 6.45) is 6.19. The first-order chi connectivity index (χ1) is 9.54. The van der Waals surface area contributed by atoms with Crippen LogP contribution in [-0.2, 0) is 4.79 Å². The molecule has 0 aromatic heterocycles. The Bertz CT molecular complexity index is 492. The highest BCUT2D eigenvalue weighted by Gasteiger charge is 2.19. The topological polar surface area (TPSA) is 29.1 Å². The molecule has 0 heterocycles. The number of allylic oxidation sites excluding steroid dienone is 1. The fourth-order valence-electron chi connectivity index (χ4n) is 2.80. The molecule has 1 amide bonds. The molecule has 108 valence electrons. The van der Waals surface area contributed by atoms with Gasteiger partial charge in [0.1, 0.15) is 5.82 Å². The van der Waals surface area contributed by atoms with Gasteiger partial charge in [0.2, 0.25) is 5.91 Å². The average molecular weight is 275 g/mol. The van der Waals surface area contributed by atoms with Crippen molar-refractivity contribution in [2.24, 2.45) is 5.92 Å². The van der Waals surface area contributed by atoms with E-state index in [1.807, 2.05) is 6.92 Å². The van der Waals surface area contributed by atoms with Crippen LogP contribution >= 0.6 is 0 Å². The molecule has 2 atom stereocenters. The zero-order chi connectivity index (χ0) is 14.5. The van der Waals surface area contributed by atoms with Crippen LogP contribution in [0.15, 0.2) is 30.3 Å². The van der Waals surface area contributed by atoms with Gasteiger partial charge in [-0.25, -0.2) is 4.39 Å². The maximum atomic E-state index is 12.9. The van der Waals surface area contributed by atoms with Gasteiger partial charge < -0.3 is 5.32 Å². The molecule has 1 N–H and O–H groups in total. The van der Waals surface area contributed by atoms with Gasteiger partial charge in [0.15, 0.2) is 0 Å². The highest BCUT2D eigenvalue weighted by molar-refractivity contribution is 5.94. The second kappa shape index (κ2) is 6.69. The Labute approximate surface area is 120 Å². The van der Waals surface area contributed by atoms with Crippen LogP contribution in [0.1, 0.15) is 45.1 Å². The van der Waals surface area contributed by atoms with E-state index < -0.39 is 0 Å². The lowest BCUT2D eigenvalue weighted by Gasteiger charge is -2.27. The highest BCUT2D eigenvalue weighted by Crippen LogP contribution is 2.23. The molecule has 1 aromatic rings. The number of halogens is 1. The molecule has 1 fully saturated rings. The van der Waals surface area contributed by atoms with E-state index in [-0.39, 0.29) is 11.7 Å². The van der Waals surface area contributed by atoms with Gasteiger partial charge >= 0.3 is 0 Å². The fraction of sp³-hybridized carbons (Fsp3) is 0.471. The fourth-order valence-corrected chi connectivity index (χ4v) is 2.80. The van der Waals surface area contributed by atoms with Crippen LogP contribution in [0, 0.1) is 11.7 Å². The Morgan fingerprint density at radius 3 is 2.65 bits per heavy atom. The maximum Gasteiger partial charge on any atom is 0.244 e. The SMILES string of the molecule is C/C(=C/C(=O)N[C@@H]1CCC[C@H](C)C1)c1ccc(F)cc1. The molecule has 2 rings (SSSR count). The van der Waals surface area contributed by atoms with Crippen molar-refractivity contribution in [2.75, 3.05) is 0 Å². The number of benzene rings is 1. The van der Waals surface area contributed by atoms with Crippen LogP contribution in [0.25, 0.3) is 5.57 Å². The first kappa shape index (κ1) is 14.8. The average Bonchev–Trinajstić information content (AvgIpc) is 2.39. The summed E-state index contributed by atoms with van der Waals surface area (Å²) in [5, 5.41) is 3.07. The third-order valence-corrected chi connectivity index (χ3v) is 3.93. The molecule has 1 aliphatic rings. The lowest BCUT2D eigenvalue weighted by atomic mass is 9.87. The van der Waals surface area contributed by atoms with Crippen molar-refractivity contribution in [2.45, 2.75) is 45.6 Å². The van der Waals surface area contributed by atoms with Crippen molar-refractivity contribution in [3.63, 3.8) is 0 Å². The van der Waals surface area contributed by atoms with E-state index in [1.165, 1.54) is 25.0 Å². The lowest BCUT2D eigenvalue weighted by molar-refractivity contribution is -0.117. The van der Waals surface area contributed by atoms with Gasteiger partial charge in [0.25, 0.3) is 0 Å². The van der Waals surface area contributed by atoms with Crippen molar-refractivity contribution in [3.05, 3.63) is 41.7 Å². The van der Waals surface area contributed by atoms with Gasteiger partial charge in [0, 0.05) is 12.1 Å². The van der Waals surface area contributed by atoms with Gasteiger partial charge in [-0.15, -0.1) is 0 Å². The van der Waals surface area contributed by atoms with E-state index in [1.54, 1.807) is 18.2 Å². The zero-order valence-electron chi connectivity index (χ0n) is 12.2. The van der Waals surface area contributed by atoms with Gasteiger partial charge in [-0.2, -0.15) is 0 Å². The lowest BCUT2D eigenvalue weighted by Crippen LogP contribution is -2.37. The summed E-state index contributed by atoms with van der Waals surface area (Å²) in [6.45, 7) is 4.11. The van der Waals surface area contributed by atoms with E-state index in [4.69, 9.17) is 0 Å². The summed E-state index contributed by atoms with van der Waals surface area (Å²) < 4.78 is 12.9. The molecular weight excluding hydrogens is 253 g/mol. The number of nitrogens with one attached hydrogen (secondary N) is 1. The molecule has 0 bridgehead atoms. The standard InChI is InChI=1S/C17H22FNO/c1-12-4-3-5-16(10-12)19-17(20)11-13(2)14-6-8-15(18)9-7-14/h6-9,11-12,16H,3-5,10H2,1-2H3,(H,19,20)/b13-11-/t12-,16+/m0/s1. The predicted octanol–water partition coefficient (Wildman–Crippen LogP) is 3.92. The molecule has 0 unspecified atom stereocenters. The number of hydrogen-bond acceptors (Lipinski definition) is 1. The minimum absolute atomic E-state index is 0.0501. The Kier molecular flexibility index (Phi) is 4.94. The second-order valence-corrected chi connectivity index (χ2v) is 5.81. The molecule has 1 saturated carbocycles. The molecule has 0 radical (unpaired) electrons. The van der Waals surface area contributed by atoms with Crippen LogP contribution in [-0.4, -0.2) is 11.9 Å². The zero-order valence-corrected chi connectivity index (χ0v) is 12.2. The molecule has 0 aliphatic heterocycles. The summed E-state index contributed by atoms with van der Waals surface area (Å²) in [7, 11) is 0. The summed E-state index contributed by atoms with van der Waals surface area (Å²) >= 11 is 0. The van der Waals surface area contributed by atoms with Crippen LogP contribution in [0.2, 0.25) is 0 Å². The van der Waals surface area contributed by atoms with E-state index in [2.05, 4.69) is 12.2 Å². The molecule has 20 heavy (non-hydrogen) atoms. The second-order valence-electron chi connectivity index (χ2n) is 5.81. The third kappa shape index (κ3) is 4.19. The quantitative estimate of drug-likeness (QED) is 0.832. The van der Waals surface area contributed by atoms with Crippen LogP contribution in [0.5, 0.6) is 0 Å². The normalized spacial score (nSPS) is 23.4. The summed E-state index contributed by atoms with van der Waals surface area (Å²) in [5.41, 5.74) is 1.73. The molecule has 0 spiro atoms. The van der Waals surface area contributed by atoms with Gasteiger partial charge in [-0.1, -0.05) is 31.9 Å². The van der Waals surface area contributed by atoms with E-state index in [9.17, 15) is 9.18 Å². The largest absolute Gasteiger partial charge is 0.350 e. The van der Waals surface area contributed by atoms with Crippen molar-refractivity contribution in [1.29, 1.82) is 0 Å². The molecule has 2 nitrogen and oxygen atoms in total. The van der Waals surface area contributed by atoms with Crippen LogP contribution in [0.4, 0.5) is 4.39 Å².